The second-order valence-corrected chi connectivity index (χ2v) is 22.8. The molecule has 3 unspecified atom stereocenters. The highest BCUT2D eigenvalue weighted by Gasteiger charge is 2.24. The Hall–Kier alpha value is -0.500. The molecule has 3 atom stereocenters. The van der Waals surface area contributed by atoms with E-state index in [4.69, 9.17) is 9.05 Å². The van der Waals surface area contributed by atoms with Gasteiger partial charge < -0.3 is 28.8 Å². The van der Waals surface area contributed by atoms with E-state index in [-0.39, 0.29) is 19.1 Å². The molecule has 390 valence electrons. The number of phosphoric ester groups is 1. The molecule has 1 amide bonds. The van der Waals surface area contributed by atoms with E-state index in [9.17, 15) is 19.4 Å². The van der Waals surface area contributed by atoms with Crippen molar-refractivity contribution in [3.05, 3.63) is 0 Å². The van der Waals surface area contributed by atoms with Gasteiger partial charge in [0.2, 0.25) is 5.91 Å². The minimum Gasteiger partial charge on any atom is -0.756 e. The van der Waals surface area contributed by atoms with Crippen molar-refractivity contribution in [2.75, 3.05) is 40.9 Å². The lowest BCUT2D eigenvalue weighted by Crippen LogP contribution is -2.46. The number of carbonyl (C=O) groups is 1. The van der Waals surface area contributed by atoms with Gasteiger partial charge in [0.25, 0.3) is 7.82 Å². The number of nitrogens with one attached hydrogen (secondary N) is 1. The molecule has 0 spiro atoms. The average Bonchev–Trinajstić information content (AvgIpc) is 3.26. The van der Waals surface area contributed by atoms with Gasteiger partial charge in [-0.25, -0.2) is 0 Å². The summed E-state index contributed by atoms with van der Waals surface area (Å²) in [4.78, 5) is 25.5. The monoisotopic (exact) mass is 943 g/mol. The van der Waals surface area contributed by atoms with Gasteiger partial charge in [0.1, 0.15) is 13.2 Å². The Bertz CT molecular complexity index is 1030. The normalized spacial score (nSPS) is 13.9. The zero-order valence-electron chi connectivity index (χ0n) is 44.5. The summed E-state index contributed by atoms with van der Waals surface area (Å²) in [5, 5.41) is 14.0. The molecule has 0 fully saturated rings. The minimum absolute atomic E-state index is 0.0165. The fraction of sp³-hybridized carbons (Fsp3) is 0.982. The third kappa shape index (κ3) is 51.2. The fourth-order valence-electron chi connectivity index (χ4n) is 9.04. The number of rotatable bonds is 54. The van der Waals surface area contributed by atoms with Gasteiger partial charge in [-0.2, -0.15) is 0 Å². The molecule has 0 rings (SSSR count). The number of quaternary nitrogens is 1. The standard InChI is InChI=1S/C56H115N2O6P/c1-6-8-10-12-14-16-18-20-22-23-24-25-26-27-28-29-30-31-32-33-34-35-36-37-39-41-43-45-47-49-55(59)54(53-64-65(61,62)63-52-51-58(3,4)5)57-56(60)50-48-46-44-42-40-38-21-19-17-15-13-11-9-7-2/h54-55,59H,6-53H2,1-5H3,(H-,57,60,61,62). The zero-order valence-corrected chi connectivity index (χ0v) is 45.4. The highest BCUT2D eigenvalue weighted by Crippen LogP contribution is 2.38. The Morgan fingerprint density at radius 1 is 0.477 bits per heavy atom. The highest BCUT2D eigenvalue weighted by molar-refractivity contribution is 7.45. The molecule has 0 heterocycles. The van der Waals surface area contributed by atoms with Crippen LogP contribution in [0, 0.1) is 0 Å². The molecule has 0 aliphatic carbocycles. The highest BCUT2D eigenvalue weighted by atomic mass is 31.2. The molecule has 0 aliphatic rings. The van der Waals surface area contributed by atoms with Crippen LogP contribution in [0.15, 0.2) is 0 Å². The molecule has 65 heavy (non-hydrogen) atoms. The van der Waals surface area contributed by atoms with E-state index in [1.54, 1.807) is 0 Å². The van der Waals surface area contributed by atoms with Crippen molar-refractivity contribution in [1.82, 2.24) is 5.32 Å². The summed E-state index contributed by atoms with van der Waals surface area (Å²) in [6.45, 7) is 4.77. The largest absolute Gasteiger partial charge is 0.756 e. The van der Waals surface area contributed by atoms with Gasteiger partial charge in [-0.05, 0) is 12.8 Å². The van der Waals surface area contributed by atoms with Crippen LogP contribution >= 0.6 is 7.82 Å². The van der Waals surface area contributed by atoms with Crippen molar-refractivity contribution in [3.8, 4) is 0 Å². The lowest BCUT2D eigenvalue weighted by molar-refractivity contribution is -0.870. The molecule has 9 heteroatoms. The quantitative estimate of drug-likeness (QED) is 0.0357. The molecule has 0 aliphatic heterocycles. The fourth-order valence-corrected chi connectivity index (χ4v) is 9.77. The molecule has 0 aromatic heterocycles. The Morgan fingerprint density at radius 2 is 0.754 bits per heavy atom. The van der Waals surface area contributed by atoms with E-state index in [2.05, 4.69) is 19.2 Å². The van der Waals surface area contributed by atoms with Gasteiger partial charge in [-0.1, -0.05) is 284 Å². The number of likely N-dealkylation sites (N-methyl/N-ethyl adjacent to an activating group) is 1. The predicted molar refractivity (Wildman–Crippen MR) is 279 cm³/mol. The lowest BCUT2D eigenvalue weighted by atomic mass is 10.0. The number of unbranched alkanes of at least 4 members (excludes halogenated alkanes) is 41. The van der Waals surface area contributed by atoms with E-state index in [1.165, 1.54) is 238 Å². The molecule has 8 nitrogen and oxygen atoms in total. The number of amides is 1. The van der Waals surface area contributed by atoms with Crippen LogP contribution in [0.5, 0.6) is 0 Å². The van der Waals surface area contributed by atoms with Gasteiger partial charge in [0, 0.05) is 6.42 Å². The SMILES string of the molecule is CCCCCCCCCCCCCCCCCCCCCCCCCCCCCCCC(O)C(COP(=O)([O-])OCC[N+](C)(C)C)NC(=O)CCCCCCCCCCCCCCCC. The number of hydrogen-bond donors (Lipinski definition) is 2. The van der Waals surface area contributed by atoms with Crippen LogP contribution in [0.2, 0.25) is 0 Å². The summed E-state index contributed by atoms with van der Waals surface area (Å²) >= 11 is 0. The van der Waals surface area contributed by atoms with E-state index >= 15 is 0 Å². The number of aliphatic hydroxyl groups is 1. The summed E-state index contributed by atoms with van der Waals surface area (Å²) in [7, 11) is 1.32. The van der Waals surface area contributed by atoms with E-state index in [0.29, 0.717) is 23.9 Å². The van der Waals surface area contributed by atoms with Crippen molar-refractivity contribution in [1.29, 1.82) is 0 Å². The molecule has 0 saturated heterocycles. The Morgan fingerprint density at radius 3 is 1.05 bits per heavy atom. The first-order valence-electron chi connectivity index (χ1n) is 28.9. The van der Waals surface area contributed by atoms with Gasteiger partial charge in [-0.3, -0.25) is 9.36 Å². The summed E-state index contributed by atoms with van der Waals surface area (Å²) < 4.78 is 23.4. The molecule has 0 bridgehead atoms. The number of aliphatic hydroxyl groups excluding tert-OH is 1. The van der Waals surface area contributed by atoms with Crippen LogP contribution in [-0.4, -0.2) is 68.5 Å². The molecular weight excluding hydrogens is 828 g/mol. The van der Waals surface area contributed by atoms with E-state index in [0.717, 1.165) is 38.5 Å². The number of carbonyl (C=O) groups excluding carboxylic acids is 1. The third-order valence-corrected chi connectivity index (χ3v) is 14.6. The maximum Gasteiger partial charge on any atom is 0.268 e. The van der Waals surface area contributed by atoms with Crippen molar-refractivity contribution >= 4 is 13.7 Å². The molecular formula is C56H115N2O6P. The van der Waals surface area contributed by atoms with Crippen LogP contribution in [0.4, 0.5) is 0 Å². The number of nitrogens with zero attached hydrogens (tertiary/aromatic N) is 1. The summed E-state index contributed by atoms with van der Waals surface area (Å²) in [5.74, 6) is -0.158. The van der Waals surface area contributed by atoms with Crippen LogP contribution in [-0.2, 0) is 18.4 Å². The Kier molecular flexibility index (Phi) is 48.1. The Balaban J connectivity index is 4.03. The maximum absolute atomic E-state index is 12.9. The first-order chi connectivity index (χ1) is 31.5. The number of hydrogen-bond acceptors (Lipinski definition) is 6. The smallest absolute Gasteiger partial charge is 0.268 e. The van der Waals surface area contributed by atoms with Crippen LogP contribution in [0.25, 0.3) is 0 Å². The van der Waals surface area contributed by atoms with Gasteiger partial charge >= 0.3 is 0 Å². The maximum atomic E-state index is 12.9. The summed E-state index contributed by atoms with van der Waals surface area (Å²) in [6.07, 6.45) is 57.1. The Labute approximate surface area is 406 Å². The summed E-state index contributed by atoms with van der Waals surface area (Å²) in [5.41, 5.74) is 0. The van der Waals surface area contributed by atoms with Crippen molar-refractivity contribution < 1.29 is 32.9 Å². The average molecular weight is 944 g/mol. The van der Waals surface area contributed by atoms with Crippen molar-refractivity contribution in [2.45, 2.75) is 315 Å². The zero-order chi connectivity index (χ0) is 47.8. The number of phosphoric acid groups is 1. The van der Waals surface area contributed by atoms with E-state index in [1.807, 2.05) is 21.1 Å². The second kappa shape index (κ2) is 48.5. The van der Waals surface area contributed by atoms with Crippen molar-refractivity contribution in [2.24, 2.45) is 0 Å². The second-order valence-electron chi connectivity index (χ2n) is 21.4. The third-order valence-electron chi connectivity index (χ3n) is 13.6. The predicted octanol–water partition coefficient (Wildman–Crippen LogP) is 16.6. The molecule has 2 N–H and O–H groups in total. The van der Waals surface area contributed by atoms with Gasteiger partial charge in [0.15, 0.2) is 0 Å². The van der Waals surface area contributed by atoms with Crippen molar-refractivity contribution in [3.63, 3.8) is 0 Å². The molecule has 0 aromatic carbocycles. The van der Waals surface area contributed by atoms with Crippen LogP contribution < -0.4 is 10.2 Å². The van der Waals surface area contributed by atoms with Gasteiger partial charge in [-0.15, -0.1) is 0 Å². The van der Waals surface area contributed by atoms with Gasteiger partial charge in [0.05, 0.1) is 39.9 Å². The van der Waals surface area contributed by atoms with Crippen LogP contribution in [0.3, 0.4) is 0 Å². The minimum atomic E-state index is -4.56. The lowest BCUT2D eigenvalue weighted by Gasteiger charge is -2.30. The first kappa shape index (κ1) is 64.5. The molecule has 0 radical (unpaired) electrons. The molecule has 0 aromatic rings. The first-order valence-corrected chi connectivity index (χ1v) is 30.3. The topological polar surface area (TPSA) is 108 Å². The van der Waals surface area contributed by atoms with E-state index < -0.39 is 20.0 Å². The van der Waals surface area contributed by atoms with Crippen LogP contribution in [0.1, 0.15) is 303 Å². The summed E-state index contributed by atoms with van der Waals surface area (Å²) in [6, 6.07) is -0.794. The molecule has 0 saturated carbocycles.